The van der Waals surface area contributed by atoms with Gasteiger partial charge in [-0.25, -0.2) is 0 Å². The summed E-state index contributed by atoms with van der Waals surface area (Å²) in [5.74, 6) is 1.88. The lowest BCUT2D eigenvalue weighted by Crippen LogP contribution is -2.36. The predicted octanol–water partition coefficient (Wildman–Crippen LogP) is 3.38. The highest BCUT2D eigenvalue weighted by Crippen LogP contribution is 2.33. The summed E-state index contributed by atoms with van der Waals surface area (Å²) in [7, 11) is 0. The Kier molecular flexibility index (Phi) is 4.28. The van der Waals surface area contributed by atoms with Crippen molar-refractivity contribution in [2.45, 2.75) is 46.6 Å². The fourth-order valence-corrected chi connectivity index (χ4v) is 2.45. The number of likely N-dealkylation sites (N-methyl/N-ethyl adjacent to an activating group) is 1. The summed E-state index contributed by atoms with van der Waals surface area (Å²) in [5.41, 5.74) is 3.86. The molecule has 1 unspecified atom stereocenters. The van der Waals surface area contributed by atoms with Crippen molar-refractivity contribution in [3.05, 3.63) is 28.8 Å². The molecule has 1 fully saturated rings. The van der Waals surface area contributed by atoms with Crippen LogP contribution in [0.4, 0.5) is 0 Å². The molecule has 1 N–H and O–H groups in total. The van der Waals surface area contributed by atoms with E-state index in [1.54, 1.807) is 0 Å². The Bertz CT molecular complexity index is 410. The van der Waals surface area contributed by atoms with Crippen LogP contribution in [-0.4, -0.2) is 19.2 Å². The third-order valence-electron chi connectivity index (χ3n) is 3.84. The van der Waals surface area contributed by atoms with Crippen LogP contribution in [0.3, 0.4) is 0 Å². The van der Waals surface area contributed by atoms with Gasteiger partial charge in [0, 0.05) is 6.04 Å². The molecule has 2 heteroatoms. The molecule has 0 spiro atoms. The first-order valence-electron chi connectivity index (χ1n) is 7.05. The van der Waals surface area contributed by atoms with E-state index in [9.17, 15) is 0 Å². The Balaban J connectivity index is 2.00. The maximum Gasteiger partial charge on any atom is 0.122 e. The second kappa shape index (κ2) is 5.75. The fourth-order valence-electron chi connectivity index (χ4n) is 2.45. The lowest BCUT2D eigenvalue weighted by molar-refractivity contribution is 0.249. The third kappa shape index (κ3) is 3.26. The van der Waals surface area contributed by atoms with Gasteiger partial charge in [0.25, 0.3) is 0 Å². The van der Waals surface area contributed by atoms with E-state index in [-0.39, 0.29) is 0 Å². The molecular formula is C16H25NO. The molecule has 0 saturated heterocycles. The summed E-state index contributed by atoms with van der Waals surface area (Å²) < 4.78 is 6.05. The van der Waals surface area contributed by atoms with Crippen LogP contribution in [0.1, 0.15) is 36.5 Å². The van der Waals surface area contributed by atoms with Gasteiger partial charge in [-0.3, -0.25) is 0 Å². The molecule has 0 radical (unpaired) electrons. The number of nitrogens with one attached hydrogen (secondary N) is 1. The number of rotatable bonds is 6. The summed E-state index contributed by atoms with van der Waals surface area (Å²) in [6.07, 6.45) is 2.71. The molecule has 1 aromatic carbocycles. The van der Waals surface area contributed by atoms with Crippen LogP contribution in [-0.2, 0) is 0 Å². The molecule has 1 atom stereocenters. The molecule has 1 aromatic rings. The minimum Gasteiger partial charge on any atom is -0.492 e. The molecule has 18 heavy (non-hydrogen) atoms. The van der Waals surface area contributed by atoms with E-state index >= 15 is 0 Å². The van der Waals surface area contributed by atoms with Crippen molar-refractivity contribution < 1.29 is 4.74 Å². The van der Waals surface area contributed by atoms with Gasteiger partial charge in [-0.2, -0.15) is 0 Å². The summed E-state index contributed by atoms with van der Waals surface area (Å²) in [5, 5.41) is 3.54. The fraction of sp³-hybridized carbons (Fsp3) is 0.625. The molecule has 2 nitrogen and oxygen atoms in total. The SMILES string of the molecule is CCNC(COc1cc(C)cc(C)c1C)C1CC1. The maximum atomic E-state index is 6.05. The molecule has 1 aliphatic rings. The Morgan fingerprint density at radius 1 is 1.28 bits per heavy atom. The first-order chi connectivity index (χ1) is 8.61. The van der Waals surface area contributed by atoms with Gasteiger partial charge >= 0.3 is 0 Å². The zero-order valence-corrected chi connectivity index (χ0v) is 12.0. The summed E-state index contributed by atoms with van der Waals surface area (Å²) >= 11 is 0. The normalized spacial score (nSPS) is 16.7. The number of benzene rings is 1. The zero-order valence-electron chi connectivity index (χ0n) is 12.0. The third-order valence-corrected chi connectivity index (χ3v) is 3.84. The topological polar surface area (TPSA) is 21.3 Å². The highest BCUT2D eigenvalue weighted by Gasteiger charge is 2.31. The number of aryl methyl sites for hydroxylation is 2. The van der Waals surface area contributed by atoms with Gasteiger partial charge in [-0.05, 0) is 68.8 Å². The quantitative estimate of drug-likeness (QED) is 0.832. The van der Waals surface area contributed by atoms with Gasteiger partial charge in [0.2, 0.25) is 0 Å². The smallest absolute Gasteiger partial charge is 0.122 e. The second-order valence-electron chi connectivity index (χ2n) is 5.52. The van der Waals surface area contributed by atoms with Crippen LogP contribution in [0.2, 0.25) is 0 Å². The van der Waals surface area contributed by atoms with E-state index < -0.39 is 0 Å². The summed E-state index contributed by atoms with van der Waals surface area (Å²) in [6.45, 7) is 10.4. The van der Waals surface area contributed by atoms with Crippen molar-refractivity contribution in [2.75, 3.05) is 13.2 Å². The molecule has 0 aliphatic heterocycles. The van der Waals surface area contributed by atoms with E-state index in [0.29, 0.717) is 6.04 Å². The Labute approximate surface area is 111 Å². The van der Waals surface area contributed by atoms with Gasteiger partial charge in [0.1, 0.15) is 12.4 Å². The first kappa shape index (κ1) is 13.4. The van der Waals surface area contributed by atoms with E-state index in [2.05, 4.69) is 45.1 Å². The summed E-state index contributed by atoms with van der Waals surface area (Å²) in [4.78, 5) is 0. The average Bonchev–Trinajstić information content (AvgIpc) is 3.14. The summed E-state index contributed by atoms with van der Waals surface area (Å²) in [6, 6.07) is 4.89. The lowest BCUT2D eigenvalue weighted by Gasteiger charge is -2.19. The van der Waals surface area contributed by atoms with Crippen LogP contribution in [0.5, 0.6) is 5.75 Å². The van der Waals surface area contributed by atoms with E-state index in [1.807, 2.05) is 0 Å². The molecule has 0 aromatic heterocycles. The van der Waals surface area contributed by atoms with Crippen molar-refractivity contribution in [1.29, 1.82) is 0 Å². The number of hydrogen-bond donors (Lipinski definition) is 1. The van der Waals surface area contributed by atoms with Crippen molar-refractivity contribution >= 4 is 0 Å². The van der Waals surface area contributed by atoms with Gasteiger partial charge in [0.15, 0.2) is 0 Å². The molecule has 2 rings (SSSR count). The number of ether oxygens (including phenoxy) is 1. The van der Waals surface area contributed by atoms with Gasteiger partial charge in [0.05, 0.1) is 0 Å². The molecule has 0 amide bonds. The van der Waals surface area contributed by atoms with Gasteiger partial charge in [-0.1, -0.05) is 13.0 Å². The molecule has 100 valence electrons. The van der Waals surface area contributed by atoms with Crippen LogP contribution < -0.4 is 10.1 Å². The van der Waals surface area contributed by atoms with Crippen LogP contribution in [0, 0.1) is 26.7 Å². The van der Waals surface area contributed by atoms with Crippen LogP contribution >= 0.6 is 0 Å². The van der Waals surface area contributed by atoms with E-state index in [1.165, 1.54) is 29.5 Å². The molecule has 0 bridgehead atoms. The highest BCUT2D eigenvalue weighted by atomic mass is 16.5. The molecule has 1 saturated carbocycles. The minimum atomic E-state index is 0.523. The molecular weight excluding hydrogens is 222 g/mol. The van der Waals surface area contributed by atoms with E-state index in [0.717, 1.165) is 24.8 Å². The molecule has 0 heterocycles. The first-order valence-corrected chi connectivity index (χ1v) is 7.05. The van der Waals surface area contributed by atoms with Crippen LogP contribution in [0.25, 0.3) is 0 Å². The Morgan fingerprint density at radius 2 is 2.00 bits per heavy atom. The maximum absolute atomic E-state index is 6.05. The monoisotopic (exact) mass is 247 g/mol. The van der Waals surface area contributed by atoms with Crippen LogP contribution in [0.15, 0.2) is 12.1 Å². The van der Waals surface area contributed by atoms with Crippen molar-refractivity contribution in [1.82, 2.24) is 5.32 Å². The van der Waals surface area contributed by atoms with Gasteiger partial charge in [-0.15, -0.1) is 0 Å². The van der Waals surface area contributed by atoms with Crippen molar-refractivity contribution in [3.8, 4) is 5.75 Å². The molecule has 1 aliphatic carbocycles. The van der Waals surface area contributed by atoms with Crippen molar-refractivity contribution in [2.24, 2.45) is 5.92 Å². The number of hydrogen-bond acceptors (Lipinski definition) is 2. The Morgan fingerprint density at radius 3 is 2.61 bits per heavy atom. The zero-order chi connectivity index (χ0) is 13.1. The second-order valence-corrected chi connectivity index (χ2v) is 5.52. The largest absolute Gasteiger partial charge is 0.492 e. The minimum absolute atomic E-state index is 0.523. The van der Waals surface area contributed by atoms with Gasteiger partial charge < -0.3 is 10.1 Å². The Hall–Kier alpha value is -1.02. The highest BCUT2D eigenvalue weighted by molar-refractivity contribution is 5.41. The standard InChI is InChI=1S/C16H25NO/c1-5-17-15(14-6-7-14)10-18-16-9-11(2)8-12(3)13(16)4/h8-9,14-15,17H,5-7,10H2,1-4H3. The van der Waals surface area contributed by atoms with E-state index in [4.69, 9.17) is 4.74 Å². The van der Waals surface area contributed by atoms with Crippen molar-refractivity contribution in [3.63, 3.8) is 0 Å². The average molecular weight is 247 g/mol. The predicted molar refractivity (Wildman–Crippen MR) is 76.3 cm³/mol. The lowest BCUT2D eigenvalue weighted by atomic mass is 10.1.